The second-order valence-corrected chi connectivity index (χ2v) is 9.43. The molecule has 7 heteroatoms. The van der Waals surface area contributed by atoms with Crippen LogP contribution >= 0.6 is 0 Å². The first-order valence-corrected chi connectivity index (χ1v) is 13.1. The highest BCUT2D eigenvalue weighted by molar-refractivity contribution is 5.97. The zero-order valence-electron chi connectivity index (χ0n) is 22.6. The standard InChI is InChI=1S/C33H33NO6/c1-23-8-6-9-24(2)31(23)39-19-18-38-29-13-7-12-27(21-29)32(35)34-30(33(36)37)20-25-14-16-28(17-15-25)40-22-26-10-4-3-5-11-26/h3-17,21,30H,18-20,22H2,1-2H3,(H,34,35)(H,36,37)/t30-/m0/s1. The Balaban J connectivity index is 1.29. The minimum Gasteiger partial charge on any atom is -0.490 e. The minimum atomic E-state index is -1.12. The summed E-state index contributed by atoms with van der Waals surface area (Å²) >= 11 is 0. The fraction of sp³-hybridized carbons (Fsp3) is 0.212. The molecule has 0 aliphatic rings. The highest BCUT2D eigenvalue weighted by Crippen LogP contribution is 2.22. The Morgan fingerprint density at radius 1 is 0.725 bits per heavy atom. The topological polar surface area (TPSA) is 94.1 Å². The molecule has 40 heavy (non-hydrogen) atoms. The maximum Gasteiger partial charge on any atom is 0.326 e. The summed E-state index contributed by atoms with van der Waals surface area (Å²) in [5, 5.41) is 12.4. The predicted molar refractivity (Wildman–Crippen MR) is 153 cm³/mol. The number of aliphatic carboxylic acids is 1. The molecule has 206 valence electrons. The second-order valence-electron chi connectivity index (χ2n) is 9.43. The molecule has 0 aliphatic carbocycles. The Morgan fingerprint density at radius 3 is 2.10 bits per heavy atom. The monoisotopic (exact) mass is 539 g/mol. The molecule has 0 heterocycles. The number of benzene rings is 4. The number of nitrogens with one attached hydrogen (secondary N) is 1. The number of aryl methyl sites for hydroxylation is 2. The van der Waals surface area contributed by atoms with E-state index in [2.05, 4.69) is 5.32 Å². The highest BCUT2D eigenvalue weighted by Gasteiger charge is 2.21. The van der Waals surface area contributed by atoms with Gasteiger partial charge in [0.2, 0.25) is 0 Å². The van der Waals surface area contributed by atoms with Gasteiger partial charge in [0.15, 0.2) is 0 Å². The molecule has 0 fully saturated rings. The smallest absolute Gasteiger partial charge is 0.326 e. The van der Waals surface area contributed by atoms with Crippen LogP contribution in [0.2, 0.25) is 0 Å². The Morgan fingerprint density at radius 2 is 1.40 bits per heavy atom. The van der Waals surface area contributed by atoms with Crippen LogP contribution in [0, 0.1) is 13.8 Å². The number of para-hydroxylation sites is 1. The summed E-state index contributed by atoms with van der Waals surface area (Å²) in [5.74, 6) is 0.407. The quantitative estimate of drug-likeness (QED) is 0.210. The van der Waals surface area contributed by atoms with E-state index in [0.29, 0.717) is 36.9 Å². The molecule has 4 aromatic rings. The second kappa shape index (κ2) is 13.8. The van der Waals surface area contributed by atoms with Gasteiger partial charge in [0.1, 0.15) is 43.1 Å². The number of carbonyl (C=O) groups is 2. The van der Waals surface area contributed by atoms with E-state index in [1.54, 1.807) is 48.5 Å². The highest BCUT2D eigenvalue weighted by atomic mass is 16.5. The van der Waals surface area contributed by atoms with Crippen molar-refractivity contribution in [3.63, 3.8) is 0 Å². The van der Waals surface area contributed by atoms with Crippen LogP contribution in [0.1, 0.15) is 32.6 Å². The van der Waals surface area contributed by atoms with E-state index in [1.807, 2.05) is 62.4 Å². The van der Waals surface area contributed by atoms with Crippen molar-refractivity contribution in [1.82, 2.24) is 5.32 Å². The summed E-state index contributed by atoms with van der Waals surface area (Å²) in [4.78, 5) is 24.8. The lowest BCUT2D eigenvalue weighted by molar-refractivity contribution is -0.139. The van der Waals surface area contributed by atoms with Crippen LogP contribution in [0.4, 0.5) is 0 Å². The number of hydrogen-bond acceptors (Lipinski definition) is 5. The van der Waals surface area contributed by atoms with E-state index < -0.39 is 17.9 Å². The average Bonchev–Trinajstić information content (AvgIpc) is 2.96. The van der Waals surface area contributed by atoms with Gasteiger partial charge < -0.3 is 24.6 Å². The minimum absolute atomic E-state index is 0.131. The number of rotatable bonds is 13. The van der Waals surface area contributed by atoms with Gasteiger partial charge in [0, 0.05) is 12.0 Å². The number of carboxylic acids is 1. The lowest BCUT2D eigenvalue weighted by atomic mass is 10.1. The summed E-state index contributed by atoms with van der Waals surface area (Å²) in [7, 11) is 0. The van der Waals surface area contributed by atoms with Gasteiger partial charge in [-0.3, -0.25) is 4.79 Å². The normalized spacial score (nSPS) is 11.3. The molecule has 0 spiro atoms. The lowest BCUT2D eigenvalue weighted by Gasteiger charge is -2.16. The van der Waals surface area contributed by atoms with Crippen molar-refractivity contribution in [2.75, 3.05) is 13.2 Å². The van der Waals surface area contributed by atoms with Gasteiger partial charge >= 0.3 is 5.97 Å². The number of carbonyl (C=O) groups excluding carboxylic acids is 1. The van der Waals surface area contributed by atoms with Crippen molar-refractivity contribution in [2.45, 2.75) is 32.9 Å². The summed E-state index contributed by atoms with van der Waals surface area (Å²) < 4.78 is 17.4. The molecule has 4 aromatic carbocycles. The number of amides is 1. The van der Waals surface area contributed by atoms with Crippen molar-refractivity contribution < 1.29 is 28.9 Å². The molecule has 0 radical (unpaired) electrons. The van der Waals surface area contributed by atoms with E-state index in [4.69, 9.17) is 14.2 Å². The van der Waals surface area contributed by atoms with Gasteiger partial charge in [-0.05, 0) is 66.4 Å². The van der Waals surface area contributed by atoms with Gasteiger partial charge in [-0.15, -0.1) is 0 Å². The molecule has 0 saturated heterocycles. The van der Waals surface area contributed by atoms with E-state index in [-0.39, 0.29) is 6.42 Å². The molecular formula is C33H33NO6. The van der Waals surface area contributed by atoms with Gasteiger partial charge in [0.25, 0.3) is 5.91 Å². The SMILES string of the molecule is Cc1cccc(C)c1OCCOc1cccc(C(=O)N[C@@H](Cc2ccc(OCc3ccccc3)cc2)C(=O)O)c1. The largest absolute Gasteiger partial charge is 0.490 e. The molecule has 4 rings (SSSR count). The average molecular weight is 540 g/mol. The van der Waals surface area contributed by atoms with Gasteiger partial charge in [-0.1, -0.05) is 66.7 Å². The molecule has 0 saturated carbocycles. The van der Waals surface area contributed by atoms with Gasteiger partial charge in [0.05, 0.1) is 0 Å². The molecule has 0 bridgehead atoms. The molecular weight excluding hydrogens is 506 g/mol. The van der Waals surface area contributed by atoms with Crippen LogP contribution in [0.3, 0.4) is 0 Å². The Hall–Kier alpha value is -4.78. The number of ether oxygens (including phenoxy) is 3. The van der Waals surface area contributed by atoms with Crippen molar-refractivity contribution in [1.29, 1.82) is 0 Å². The third kappa shape index (κ3) is 8.11. The lowest BCUT2D eigenvalue weighted by Crippen LogP contribution is -2.42. The van der Waals surface area contributed by atoms with E-state index in [1.165, 1.54) is 0 Å². The van der Waals surface area contributed by atoms with E-state index in [0.717, 1.165) is 28.0 Å². The Kier molecular flexibility index (Phi) is 9.77. The van der Waals surface area contributed by atoms with Crippen molar-refractivity contribution in [3.05, 3.63) is 125 Å². The third-order valence-corrected chi connectivity index (χ3v) is 6.32. The van der Waals surface area contributed by atoms with E-state index >= 15 is 0 Å². The summed E-state index contributed by atoms with van der Waals surface area (Å²) in [6.07, 6.45) is 0.131. The van der Waals surface area contributed by atoms with Gasteiger partial charge in [-0.25, -0.2) is 4.79 Å². The first kappa shape index (κ1) is 28.2. The molecule has 0 unspecified atom stereocenters. The third-order valence-electron chi connectivity index (χ3n) is 6.32. The van der Waals surface area contributed by atoms with Crippen molar-refractivity contribution in [2.24, 2.45) is 0 Å². The van der Waals surface area contributed by atoms with Crippen LogP contribution in [0.25, 0.3) is 0 Å². The Bertz CT molecular complexity index is 1400. The maximum atomic E-state index is 12.9. The predicted octanol–water partition coefficient (Wildman–Crippen LogP) is 5.77. The van der Waals surface area contributed by atoms with Crippen LogP contribution in [-0.2, 0) is 17.8 Å². The molecule has 0 aromatic heterocycles. The number of hydrogen-bond donors (Lipinski definition) is 2. The van der Waals surface area contributed by atoms with Crippen LogP contribution in [0.5, 0.6) is 17.2 Å². The van der Waals surface area contributed by atoms with Crippen molar-refractivity contribution >= 4 is 11.9 Å². The first-order valence-electron chi connectivity index (χ1n) is 13.1. The Labute approximate surface area is 234 Å². The van der Waals surface area contributed by atoms with Crippen molar-refractivity contribution in [3.8, 4) is 17.2 Å². The molecule has 2 N–H and O–H groups in total. The molecule has 7 nitrogen and oxygen atoms in total. The maximum absolute atomic E-state index is 12.9. The molecule has 1 amide bonds. The van der Waals surface area contributed by atoms with E-state index in [9.17, 15) is 14.7 Å². The zero-order valence-corrected chi connectivity index (χ0v) is 22.6. The van der Waals surface area contributed by atoms with Crippen LogP contribution < -0.4 is 19.5 Å². The number of carboxylic acid groups (broad SMARTS) is 1. The molecule has 1 atom stereocenters. The van der Waals surface area contributed by atoms with Gasteiger partial charge in [-0.2, -0.15) is 0 Å². The summed E-state index contributed by atoms with van der Waals surface area (Å²) in [5.41, 5.74) is 4.24. The fourth-order valence-corrected chi connectivity index (χ4v) is 4.20. The van der Waals surface area contributed by atoms with Crippen LogP contribution in [-0.4, -0.2) is 36.2 Å². The molecule has 0 aliphatic heterocycles. The zero-order chi connectivity index (χ0) is 28.3. The van der Waals surface area contributed by atoms with Crippen LogP contribution in [0.15, 0.2) is 97.1 Å². The first-order chi connectivity index (χ1) is 19.4. The fourth-order valence-electron chi connectivity index (χ4n) is 4.20. The summed E-state index contributed by atoms with van der Waals surface area (Å²) in [6, 6.07) is 28.5. The summed E-state index contributed by atoms with van der Waals surface area (Å²) in [6.45, 7) is 5.07.